The van der Waals surface area contributed by atoms with Gasteiger partial charge in [0.25, 0.3) is 0 Å². The van der Waals surface area contributed by atoms with Crippen LogP contribution >= 0.6 is 0 Å². The Labute approximate surface area is 83.4 Å². The first-order valence-corrected chi connectivity index (χ1v) is 4.38. The maximum Gasteiger partial charge on any atom is 0.0321 e. The fourth-order valence-electron chi connectivity index (χ4n) is 1.39. The van der Waals surface area contributed by atoms with Crippen LogP contribution in [0.25, 0.3) is 11.1 Å². The van der Waals surface area contributed by atoms with Crippen LogP contribution in [0.2, 0.25) is 0 Å². The molecule has 1 nitrogen and oxygen atoms in total. The highest BCUT2D eigenvalue weighted by Gasteiger charge is 2.00. The first-order chi connectivity index (χ1) is 6.92. The van der Waals surface area contributed by atoms with Crippen LogP contribution in [-0.2, 0) is 0 Å². The Morgan fingerprint density at radius 1 is 1.00 bits per heavy atom. The predicted octanol–water partition coefficient (Wildman–Crippen LogP) is 2.73. The minimum absolute atomic E-state index is 0.915. The van der Waals surface area contributed by atoms with Gasteiger partial charge in [-0.3, -0.25) is 4.98 Å². The van der Waals surface area contributed by atoms with Crippen LogP contribution in [0.15, 0.2) is 48.8 Å². The molecule has 0 bridgehead atoms. The second-order valence-electron chi connectivity index (χ2n) is 2.93. The molecule has 1 heteroatoms. The lowest BCUT2D eigenvalue weighted by Crippen LogP contribution is -1.83. The number of hydrogen-bond acceptors (Lipinski definition) is 1. The Bertz CT molecular complexity index is 466. The number of terminal acetylenes is 1. The lowest BCUT2D eigenvalue weighted by atomic mass is 10.0. The van der Waals surface area contributed by atoms with E-state index in [1.807, 2.05) is 36.4 Å². The van der Waals surface area contributed by atoms with Crippen LogP contribution in [-0.4, -0.2) is 4.98 Å². The monoisotopic (exact) mass is 179 g/mol. The van der Waals surface area contributed by atoms with Crippen molar-refractivity contribution in [2.75, 3.05) is 0 Å². The predicted molar refractivity (Wildman–Crippen MR) is 57.6 cm³/mol. The zero-order valence-electron chi connectivity index (χ0n) is 7.64. The Morgan fingerprint density at radius 3 is 2.43 bits per heavy atom. The molecule has 0 saturated heterocycles. The molecule has 0 aliphatic carbocycles. The highest BCUT2D eigenvalue weighted by molar-refractivity contribution is 5.70. The summed E-state index contributed by atoms with van der Waals surface area (Å²) in [6.07, 6.45) is 8.96. The van der Waals surface area contributed by atoms with Gasteiger partial charge >= 0.3 is 0 Å². The molecule has 0 atom stereocenters. The Morgan fingerprint density at radius 2 is 1.71 bits per heavy atom. The van der Waals surface area contributed by atoms with Gasteiger partial charge in [0.1, 0.15) is 0 Å². The number of benzene rings is 1. The van der Waals surface area contributed by atoms with E-state index < -0.39 is 0 Å². The summed E-state index contributed by atoms with van der Waals surface area (Å²) in [5.41, 5.74) is 3.10. The smallest absolute Gasteiger partial charge is 0.0321 e. The van der Waals surface area contributed by atoms with Crippen molar-refractivity contribution in [3.8, 4) is 23.5 Å². The molecule has 1 aromatic carbocycles. The summed E-state index contributed by atoms with van der Waals surface area (Å²) < 4.78 is 0. The van der Waals surface area contributed by atoms with E-state index in [0.717, 1.165) is 16.7 Å². The molecular formula is C13H9N. The van der Waals surface area contributed by atoms with Gasteiger partial charge in [0.15, 0.2) is 0 Å². The quantitative estimate of drug-likeness (QED) is 0.613. The van der Waals surface area contributed by atoms with E-state index >= 15 is 0 Å². The third-order valence-electron chi connectivity index (χ3n) is 2.07. The van der Waals surface area contributed by atoms with Crippen LogP contribution in [0.4, 0.5) is 0 Å². The SMILES string of the molecule is C#Cc1ccccc1-c1ccncc1. The molecular weight excluding hydrogens is 170 g/mol. The maximum absolute atomic E-state index is 5.42. The van der Waals surface area contributed by atoms with Crippen molar-refractivity contribution in [1.82, 2.24) is 4.98 Å². The van der Waals surface area contributed by atoms with E-state index in [2.05, 4.69) is 10.9 Å². The number of hydrogen-bond donors (Lipinski definition) is 0. The molecule has 2 rings (SSSR count). The number of aromatic nitrogens is 1. The summed E-state index contributed by atoms with van der Waals surface area (Å²) >= 11 is 0. The second kappa shape index (κ2) is 3.76. The molecule has 0 N–H and O–H groups in total. The fraction of sp³-hybridized carbons (Fsp3) is 0. The molecule has 0 aliphatic heterocycles. The summed E-state index contributed by atoms with van der Waals surface area (Å²) in [5.74, 6) is 2.67. The van der Waals surface area contributed by atoms with E-state index in [9.17, 15) is 0 Å². The zero-order chi connectivity index (χ0) is 9.80. The normalized spacial score (nSPS) is 9.36. The van der Waals surface area contributed by atoms with E-state index in [-0.39, 0.29) is 0 Å². The Balaban J connectivity index is 2.58. The van der Waals surface area contributed by atoms with Crippen LogP contribution in [0.5, 0.6) is 0 Å². The van der Waals surface area contributed by atoms with Crippen molar-refractivity contribution in [2.24, 2.45) is 0 Å². The van der Waals surface area contributed by atoms with E-state index in [4.69, 9.17) is 6.42 Å². The lowest BCUT2D eigenvalue weighted by molar-refractivity contribution is 1.33. The van der Waals surface area contributed by atoms with Gasteiger partial charge in [0, 0.05) is 18.0 Å². The van der Waals surface area contributed by atoms with Crippen LogP contribution in [0, 0.1) is 12.3 Å². The van der Waals surface area contributed by atoms with E-state index in [1.165, 1.54) is 0 Å². The molecule has 0 unspecified atom stereocenters. The Kier molecular flexibility index (Phi) is 2.29. The zero-order valence-corrected chi connectivity index (χ0v) is 7.64. The van der Waals surface area contributed by atoms with Gasteiger partial charge in [0.05, 0.1) is 0 Å². The van der Waals surface area contributed by atoms with E-state index in [0.29, 0.717) is 0 Å². The van der Waals surface area contributed by atoms with Gasteiger partial charge in [-0.1, -0.05) is 24.1 Å². The fourth-order valence-corrected chi connectivity index (χ4v) is 1.39. The second-order valence-corrected chi connectivity index (χ2v) is 2.93. The molecule has 0 radical (unpaired) electrons. The Hall–Kier alpha value is -2.07. The average molecular weight is 179 g/mol. The molecule has 0 aliphatic rings. The van der Waals surface area contributed by atoms with Crippen LogP contribution in [0.1, 0.15) is 5.56 Å². The molecule has 0 spiro atoms. The highest BCUT2D eigenvalue weighted by atomic mass is 14.6. The van der Waals surface area contributed by atoms with Gasteiger partial charge in [-0.25, -0.2) is 0 Å². The van der Waals surface area contributed by atoms with Crippen LogP contribution in [0.3, 0.4) is 0 Å². The van der Waals surface area contributed by atoms with Crippen molar-refractivity contribution < 1.29 is 0 Å². The highest BCUT2D eigenvalue weighted by Crippen LogP contribution is 2.21. The van der Waals surface area contributed by atoms with Crippen LogP contribution < -0.4 is 0 Å². The molecule has 14 heavy (non-hydrogen) atoms. The molecule has 66 valence electrons. The number of pyridine rings is 1. The van der Waals surface area contributed by atoms with Crippen molar-refractivity contribution in [2.45, 2.75) is 0 Å². The molecule has 1 heterocycles. The molecule has 0 saturated carbocycles. The summed E-state index contributed by atoms with van der Waals surface area (Å²) in [6, 6.07) is 11.8. The minimum Gasteiger partial charge on any atom is -0.265 e. The molecule has 0 fully saturated rings. The standard InChI is InChI=1S/C13H9N/c1-2-11-5-3-4-6-13(11)12-7-9-14-10-8-12/h1,3-10H. The largest absolute Gasteiger partial charge is 0.265 e. The van der Waals surface area contributed by atoms with E-state index in [1.54, 1.807) is 12.4 Å². The summed E-state index contributed by atoms with van der Waals surface area (Å²) in [4.78, 5) is 3.97. The first-order valence-electron chi connectivity index (χ1n) is 4.38. The minimum atomic E-state index is 0.915. The van der Waals surface area contributed by atoms with Gasteiger partial charge in [-0.2, -0.15) is 0 Å². The summed E-state index contributed by atoms with van der Waals surface area (Å²) in [6.45, 7) is 0. The summed E-state index contributed by atoms with van der Waals surface area (Å²) in [5, 5.41) is 0. The van der Waals surface area contributed by atoms with Gasteiger partial charge in [0.2, 0.25) is 0 Å². The van der Waals surface area contributed by atoms with Gasteiger partial charge in [-0.15, -0.1) is 6.42 Å². The average Bonchev–Trinajstić information content (AvgIpc) is 2.30. The third kappa shape index (κ3) is 1.51. The van der Waals surface area contributed by atoms with Crippen molar-refractivity contribution in [3.63, 3.8) is 0 Å². The van der Waals surface area contributed by atoms with Crippen molar-refractivity contribution >= 4 is 0 Å². The third-order valence-corrected chi connectivity index (χ3v) is 2.07. The number of rotatable bonds is 1. The first kappa shape index (κ1) is 8.52. The number of nitrogens with zero attached hydrogens (tertiary/aromatic N) is 1. The van der Waals surface area contributed by atoms with Gasteiger partial charge in [-0.05, 0) is 29.3 Å². The van der Waals surface area contributed by atoms with Crippen molar-refractivity contribution in [3.05, 3.63) is 54.4 Å². The molecule has 0 amide bonds. The molecule has 1 aromatic heterocycles. The topological polar surface area (TPSA) is 12.9 Å². The summed E-state index contributed by atoms with van der Waals surface area (Å²) in [7, 11) is 0. The lowest BCUT2D eigenvalue weighted by Gasteiger charge is -2.03. The van der Waals surface area contributed by atoms with Crippen molar-refractivity contribution in [1.29, 1.82) is 0 Å². The van der Waals surface area contributed by atoms with Gasteiger partial charge < -0.3 is 0 Å². The maximum atomic E-state index is 5.42. The molecule has 2 aromatic rings.